The van der Waals surface area contributed by atoms with E-state index in [1.54, 1.807) is 18.2 Å². The van der Waals surface area contributed by atoms with E-state index in [0.717, 1.165) is 24.6 Å². The molecule has 0 aliphatic carbocycles. The van der Waals surface area contributed by atoms with Crippen molar-refractivity contribution in [3.8, 4) is 0 Å². The zero-order valence-corrected chi connectivity index (χ0v) is 13.6. The molecule has 1 saturated heterocycles. The van der Waals surface area contributed by atoms with E-state index in [-0.39, 0.29) is 24.1 Å². The second-order valence-electron chi connectivity index (χ2n) is 6.31. The third-order valence-corrected chi connectivity index (χ3v) is 4.42. The fourth-order valence-corrected chi connectivity index (χ4v) is 3.02. The first kappa shape index (κ1) is 17.3. The molecule has 2 aromatic carbocycles. The van der Waals surface area contributed by atoms with Crippen LogP contribution in [0.15, 0.2) is 42.5 Å². The van der Waals surface area contributed by atoms with E-state index >= 15 is 0 Å². The van der Waals surface area contributed by atoms with Crippen molar-refractivity contribution in [1.29, 1.82) is 0 Å². The Morgan fingerprint density at radius 2 is 1.84 bits per heavy atom. The van der Waals surface area contributed by atoms with E-state index in [9.17, 15) is 18.0 Å². The maximum absolute atomic E-state index is 13.3. The molecule has 1 aliphatic heterocycles. The lowest BCUT2D eigenvalue weighted by Crippen LogP contribution is -2.32. The number of hydrogen-bond donors (Lipinski definition) is 1. The van der Waals surface area contributed by atoms with Crippen LogP contribution in [-0.2, 0) is 11.2 Å². The number of hydrogen-bond acceptors (Lipinski definition) is 2. The molecule has 132 valence electrons. The zero-order chi connectivity index (χ0) is 17.8. The minimum atomic E-state index is -0.854. The quantitative estimate of drug-likeness (QED) is 0.899. The molecule has 1 amide bonds. The number of benzene rings is 2. The van der Waals surface area contributed by atoms with Crippen molar-refractivity contribution >= 4 is 11.6 Å². The van der Waals surface area contributed by atoms with Crippen molar-refractivity contribution in [2.24, 2.45) is 5.92 Å². The summed E-state index contributed by atoms with van der Waals surface area (Å²) in [5.41, 5.74) is 1.41. The fourth-order valence-electron chi connectivity index (χ4n) is 3.02. The highest BCUT2D eigenvalue weighted by Gasteiger charge is 2.23. The van der Waals surface area contributed by atoms with E-state index in [0.29, 0.717) is 18.8 Å². The predicted molar refractivity (Wildman–Crippen MR) is 89.8 cm³/mol. The van der Waals surface area contributed by atoms with Gasteiger partial charge >= 0.3 is 0 Å². The summed E-state index contributed by atoms with van der Waals surface area (Å²) < 4.78 is 39.2. The number of anilines is 1. The van der Waals surface area contributed by atoms with Crippen LogP contribution >= 0.6 is 0 Å². The van der Waals surface area contributed by atoms with Crippen molar-refractivity contribution in [3.05, 3.63) is 65.5 Å². The first-order valence-electron chi connectivity index (χ1n) is 8.22. The molecule has 25 heavy (non-hydrogen) atoms. The van der Waals surface area contributed by atoms with Gasteiger partial charge in [-0.15, -0.1) is 0 Å². The number of rotatable bonds is 5. The topological polar surface area (TPSA) is 32.3 Å². The summed E-state index contributed by atoms with van der Waals surface area (Å²) in [6.45, 7) is 1.95. The van der Waals surface area contributed by atoms with Gasteiger partial charge in [0.1, 0.15) is 5.82 Å². The number of amides is 1. The van der Waals surface area contributed by atoms with Gasteiger partial charge in [0.05, 0.1) is 6.42 Å². The number of carbonyl (C=O) groups excluding carboxylic acids is 1. The summed E-state index contributed by atoms with van der Waals surface area (Å²) in [5.74, 6) is -1.89. The summed E-state index contributed by atoms with van der Waals surface area (Å²) in [5, 5.41) is 2.89. The van der Waals surface area contributed by atoms with Gasteiger partial charge in [0, 0.05) is 31.4 Å². The third-order valence-electron chi connectivity index (χ3n) is 4.42. The molecule has 3 rings (SSSR count). The summed E-state index contributed by atoms with van der Waals surface area (Å²) in [6, 6.07) is 9.74. The van der Waals surface area contributed by atoms with Gasteiger partial charge in [0.15, 0.2) is 11.6 Å². The Labute approximate surface area is 144 Å². The molecule has 0 unspecified atom stereocenters. The van der Waals surface area contributed by atoms with E-state index < -0.39 is 11.6 Å². The van der Waals surface area contributed by atoms with E-state index in [1.807, 2.05) is 4.90 Å². The monoisotopic (exact) mass is 348 g/mol. The van der Waals surface area contributed by atoms with Crippen LogP contribution in [0, 0.1) is 23.4 Å². The van der Waals surface area contributed by atoms with Crippen LogP contribution in [0.3, 0.4) is 0 Å². The third kappa shape index (κ3) is 4.53. The van der Waals surface area contributed by atoms with Crippen LogP contribution in [0.5, 0.6) is 0 Å². The maximum atomic E-state index is 13.3. The Hall–Kier alpha value is -2.50. The minimum absolute atomic E-state index is 0.113. The number of nitrogens with zero attached hydrogens (tertiary/aromatic N) is 1. The van der Waals surface area contributed by atoms with Gasteiger partial charge in [0.2, 0.25) is 5.91 Å². The standard InChI is InChI=1S/C19H19F3N2O/c20-15-3-1-13(2-4-15)9-19(25)23-11-14-7-8-24(12-14)16-5-6-17(21)18(22)10-16/h1-6,10,14H,7-9,11-12H2,(H,23,25)/t14-/m1/s1. The Morgan fingerprint density at radius 1 is 1.08 bits per heavy atom. The van der Waals surface area contributed by atoms with Gasteiger partial charge in [-0.25, -0.2) is 13.2 Å². The molecule has 1 atom stereocenters. The molecule has 0 spiro atoms. The van der Waals surface area contributed by atoms with Gasteiger partial charge in [-0.1, -0.05) is 12.1 Å². The highest BCUT2D eigenvalue weighted by atomic mass is 19.2. The Kier molecular flexibility index (Phi) is 5.26. The Balaban J connectivity index is 1.47. The highest BCUT2D eigenvalue weighted by Crippen LogP contribution is 2.25. The minimum Gasteiger partial charge on any atom is -0.371 e. The van der Waals surface area contributed by atoms with Crippen LogP contribution in [-0.4, -0.2) is 25.5 Å². The van der Waals surface area contributed by atoms with E-state index in [4.69, 9.17) is 0 Å². The number of halogens is 3. The second kappa shape index (κ2) is 7.59. The van der Waals surface area contributed by atoms with Crippen LogP contribution in [0.25, 0.3) is 0 Å². The molecule has 1 aliphatic rings. The molecule has 0 saturated carbocycles. The molecule has 1 heterocycles. The molecule has 1 fully saturated rings. The van der Waals surface area contributed by atoms with E-state index in [1.165, 1.54) is 18.2 Å². The number of nitrogens with one attached hydrogen (secondary N) is 1. The van der Waals surface area contributed by atoms with Gasteiger partial charge in [-0.2, -0.15) is 0 Å². The van der Waals surface area contributed by atoms with E-state index in [2.05, 4.69) is 5.32 Å². The summed E-state index contributed by atoms with van der Waals surface area (Å²) >= 11 is 0. The van der Waals surface area contributed by atoms with Gasteiger partial charge in [-0.05, 0) is 42.2 Å². The molecule has 0 bridgehead atoms. The van der Waals surface area contributed by atoms with Crippen LogP contribution < -0.4 is 10.2 Å². The normalized spacial score (nSPS) is 16.9. The lowest BCUT2D eigenvalue weighted by Gasteiger charge is -2.19. The van der Waals surface area contributed by atoms with Gasteiger partial charge in [-0.3, -0.25) is 4.79 Å². The average Bonchev–Trinajstić information content (AvgIpc) is 3.07. The molecule has 2 aromatic rings. The van der Waals surface area contributed by atoms with Gasteiger partial charge in [0.25, 0.3) is 0 Å². The highest BCUT2D eigenvalue weighted by molar-refractivity contribution is 5.78. The fraction of sp³-hybridized carbons (Fsp3) is 0.316. The lowest BCUT2D eigenvalue weighted by molar-refractivity contribution is -0.120. The van der Waals surface area contributed by atoms with Crippen molar-refractivity contribution in [2.45, 2.75) is 12.8 Å². The van der Waals surface area contributed by atoms with Crippen LogP contribution in [0.1, 0.15) is 12.0 Å². The molecule has 1 N–H and O–H groups in total. The summed E-state index contributed by atoms with van der Waals surface area (Å²) in [6.07, 6.45) is 1.08. The lowest BCUT2D eigenvalue weighted by atomic mass is 10.1. The maximum Gasteiger partial charge on any atom is 0.224 e. The smallest absolute Gasteiger partial charge is 0.224 e. The average molecular weight is 348 g/mol. The predicted octanol–water partition coefficient (Wildman–Crippen LogP) is 3.29. The van der Waals surface area contributed by atoms with Gasteiger partial charge < -0.3 is 10.2 Å². The first-order valence-corrected chi connectivity index (χ1v) is 8.22. The van der Waals surface area contributed by atoms with Crippen molar-refractivity contribution < 1.29 is 18.0 Å². The molecule has 6 heteroatoms. The van der Waals surface area contributed by atoms with Crippen molar-refractivity contribution in [1.82, 2.24) is 5.32 Å². The zero-order valence-electron chi connectivity index (χ0n) is 13.6. The number of carbonyl (C=O) groups is 1. The SMILES string of the molecule is O=C(Cc1ccc(F)cc1)NC[C@H]1CCN(c2ccc(F)c(F)c2)C1. The second-order valence-corrected chi connectivity index (χ2v) is 6.31. The Bertz CT molecular complexity index is 749. The van der Waals surface area contributed by atoms with Crippen molar-refractivity contribution in [2.75, 3.05) is 24.5 Å². The van der Waals surface area contributed by atoms with Crippen molar-refractivity contribution in [3.63, 3.8) is 0 Å². The first-order chi connectivity index (χ1) is 12.0. The summed E-state index contributed by atoms with van der Waals surface area (Å²) in [4.78, 5) is 14.0. The molecular formula is C19H19F3N2O. The Morgan fingerprint density at radius 3 is 2.56 bits per heavy atom. The largest absolute Gasteiger partial charge is 0.371 e. The molecular weight excluding hydrogens is 329 g/mol. The van der Waals surface area contributed by atoms with Crippen LogP contribution in [0.2, 0.25) is 0 Å². The molecule has 3 nitrogen and oxygen atoms in total. The molecule has 0 aromatic heterocycles. The van der Waals surface area contributed by atoms with Crippen LogP contribution in [0.4, 0.5) is 18.9 Å². The summed E-state index contributed by atoms with van der Waals surface area (Å²) in [7, 11) is 0. The molecule has 0 radical (unpaired) electrons.